The molecule has 2 aromatic carbocycles. The van der Waals surface area contributed by atoms with Crippen molar-refractivity contribution in [2.24, 2.45) is 0 Å². The molecule has 0 saturated carbocycles. The van der Waals surface area contributed by atoms with E-state index in [9.17, 15) is 9.59 Å². The van der Waals surface area contributed by atoms with E-state index < -0.39 is 5.97 Å². The summed E-state index contributed by atoms with van der Waals surface area (Å²) < 4.78 is 15.8. The van der Waals surface area contributed by atoms with Gasteiger partial charge in [0.05, 0.1) is 31.4 Å². The third-order valence-electron chi connectivity index (χ3n) is 3.50. The van der Waals surface area contributed by atoms with E-state index in [1.165, 1.54) is 21.3 Å². The number of hydrogen-bond acceptors (Lipinski definition) is 5. The number of halogens is 1. The molecule has 0 N–H and O–H groups in total. The first kappa shape index (κ1) is 18.0. The maximum Gasteiger partial charge on any atom is 0.337 e. The third kappa shape index (κ3) is 3.94. The van der Waals surface area contributed by atoms with E-state index in [1.54, 1.807) is 36.4 Å². The van der Waals surface area contributed by atoms with Gasteiger partial charge in [0.1, 0.15) is 0 Å². The van der Waals surface area contributed by atoms with Gasteiger partial charge in [-0.3, -0.25) is 4.79 Å². The van der Waals surface area contributed by atoms with Crippen molar-refractivity contribution in [2.75, 3.05) is 21.3 Å². The van der Waals surface area contributed by atoms with Crippen LogP contribution in [0.25, 0.3) is 0 Å². The SMILES string of the molecule is COC(=O)c1ccc(CC(=O)c2cc(Br)c(OC)c(OC)c2)cc1. The standard InChI is InChI=1S/C18H17BrO5/c1-22-16-10-13(9-14(19)17(16)23-2)15(20)8-11-4-6-12(7-5-11)18(21)24-3/h4-7,9-10H,8H2,1-3H3. The van der Waals surface area contributed by atoms with Crippen LogP contribution < -0.4 is 9.47 Å². The molecule has 0 fully saturated rings. The van der Waals surface area contributed by atoms with Gasteiger partial charge in [-0.2, -0.15) is 0 Å². The Kier molecular flexibility index (Phi) is 5.98. The summed E-state index contributed by atoms with van der Waals surface area (Å²) in [6.07, 6.45) is 0.212. The molecule has 2 aromatic rings. The molecule has 0 saturated heterocycles. The zero-order chi connectivity index (χ0) is 17.7. The number of rotatable bonds is 6. The number of hydrogen-bond donors (Lipinski definition) is 0. The lowest BCUT2D eigenvalue weighted by Gasteiger charge is -2.11. The minimum Gasteiger partial charge on any atom is -0.493 e. The maximum atomic E-state index is 12.5. The second kappa shape index (κ2) is 7.97. The Morgan fingerprint density at radius 3 is 2.17 bits per heavy atom. The summed E-state index contributed by atoms with van der Waals surface area (Å²) in [5.41, 5.74) is 1.76. The molecule has 0 aliphatic carbocycles. The van der Waals surface area contributed by atoms with Crippen LogP contribution in [0, 0.1) is 0 Å². The highest BCUT2D eigenvalue weighted by Crippen LogP contribution is 2.36. The first-order valence-electron chi connectivity index (χ1n) is 7.12. The molecule has 0 radical (unpaired) electrons. The van der Waals surface area contributed by atoms with Gasteiger partial charge in [0.15, 0.2) is 17.3 Å². The zero-order valence-electron chi connectivity index (χ0n) is 13.6. The Hall–Kier alpha value is -2.34. The van der Waals surface area contributed by atoms with Gasteiger partial charge in [-0.1, -0.05) is 12.1 Å². The number of ketones is 1. The minimum absolute atomic E-state index is 0.0672. The van der Waals surface area contributed by atoms with Crippen molar-refractivity contribution in [1.29, 1.82) is 0 Å². The van der Waals surface area contributed by atoms with Crippen molar-refractivity contribution < 1.29 is 23.8 Å². The van der Waals surface area contributed by atoms with Crippen molar-refractivity contribution >= 4 is 27.7 Å². The molecule has 5 nitrogen and oxygen atoms in total. The molecule has 126 valence electrons. The molecule has 0 heterocycles. The fraction of sp³-hybridized carbons (Fsp3) is 0.222. The molecule has 0 aromatic heterocycles. The molecule has 0 aliphatic heterocycles. The lowest BCUT2D eigenvalue weighted by molar-refractivity contribution is 0.0600. The molecule has 6 heteroatoms. The highest BCUT2D eigenvalue weighted by molar-refractivity contribution is 9.10. The fourth-order valence-electron chi connectivity index (χ4n) is 2.24. The third-order valence-corrected chi connectivity index (χ3v) is 4.08. The van der Waals surface area contributed by atoms with Crippen molar-refractivity contribution in [3.63, 3.8) is 0 Å². The van der Waals surface area contributed by atoms with Crippen LogP contribution in [0.1, 0.15) is 26.3 Å². The second-order valence-electron chi connectivity index (χ2n) is 4.98. The van der Waals surface area contributed by atoms with Crippen LogP contribution in [-0.2, 0) is 11.2 Å². The maximum absolute atomic E-state index is 12.5. The van der Waals surface area contributed by atoms with Gasteiger partial charge < -0.3 is 14.2 Å². The van der Waals surface area contributed by atoms with Crippen LogP contribution in [0.2, 0.25) is 0 Å². The fourth-order valence-corrected chi connectivity index (χ4v) is 2.85. The smallest absolute Gasteiger partial charge is 0.337 e. The number of ether oxygens (including phenoxy) is 3. The highest BCUT2D eigenvalue weighted by Gasteiger charge is 2.15. The summed E-state index contributed by atoms with van der Waals surface area (Å²) in [7, 11) is 4.38. The van der Waals surface area contributed by atoms with E-state index in [0.717, 1.165) is 5.56 Å². The monoisotopic (exact) mass is 392 g/mol. The van der Waals surface area contributed by atoms with Crippen molar-refractivity contribution in [1.82, 2.24) is 0 Å². The molecule has 0 aliphatic rings. The number of carbonyl (C=O) groups excluding carboxylic acids is 2. The average molecular weight is 393 g/mol. The molecule has 0 atom stereocenters. The summed E-state index contributed by atoms with van der Waals surface area (Å²) in [5, 5.41) is 0. The number of benzene rings is 2. The van der Waals surface area contributed by atoms with Crippen LogP contribution >= 0.6 is 15.9 Å². The van der Waals surface area contributed by atoms with Gasteiger partial charge in [0.2, 0.25) is 0 Å². The van der Waals surface area contributed by atoms with Gasteiger partial charge in [-0.05, 0) is 45.8 Å². The summed E-state index contributed by atoms with van der Waals surface area (Å²) in [6, 6.07) is 10.1. The topological polar surface area (TPSA) is 61.8 Å². The van der Waals surface area contributed by atoms with Crippen LogP contribution in [-0.4, -0.2) is 33.1 Å². The van der Waals surface area contributed by atoms with Gasteiger partial charge in [0, 0.05) is 12.0 Å². The lowest BCUT2D eigenvalue weighted by atomic mass is 10.0. The van der Waals surface area contributed by atoms with E-state index >= 15 is 0 Å². The van der Waals surface area contributed by atoms with E-state index in [1.807, 2.05) is 0 Å². The molecule has 0 bridgehead atoms. The number of esters is 1. The van der Waals surface area contributed by atoms with Gasteiger partial charge in [-0.25, -0.2) is 4.79 Å². The normalized spacial score (nSPS) is 10.2. The number of methoxy groups -OCH3 is 3. The summed E-state index contributed by atoms with van der Waals surface area (Å²) in [4.78, 5) is 23.9. The van der Waals surface area contributed by atoms with Gasteiger partial charge in [-0.15, -0.1) is 0 Å². The lowest BCUT2D eigenvalue weighted by Crippen LogP contribution is -2.06. The molecule has 2 rings (SSSR count). The highest BCUT2D eigenvalue weighted by atomic mass is 79.9. The minimum atomic E-state index is -0.406. The quantitative estimate of drug-likeness (QED) is 0.554. The molecular formula is C18H17BrO5. The van der Waals surface area contributed by atoms with Crippen LogP contribution in [0.3, 0.4) is 0 Å². The van der Waals surface area contributed by atoms with E-state index in [2.05, 4.69) is 20.7 Å². The summed E-state index contributed by atoms with van der Waals surface area (Å²) >= 11 is 3.38. The predicted molar refractivity (Wildman–Crippen MR) is 93.1 cm³/mol. The molecule has 24 heavy (non-hydrogen) atoms. The van der Waals surface area contributed by atoms with Crippen LogP contribution in [0.5, 0.6) is 11.5 Å². The number of Topliss-reactive ketones (excluding diaryl/α,β-unsaturated/α-hetero) is 1. The molecular weight excluding hydrogens is 376 g/mol. The second-order valence-corrected chi connectivity index (χ2v) is 5.84. The van der Waals surface area contributed by atoms with Crippen molar-refractivity contribution in [3.8, 4) is 11.5 Å². The Bertz CT molecular complexity index is 753. The Morgan fingerprint density at radius 1 is 0.958 bits per heavy atom. The first-order valence-corrected chi connectivity index (χ1v) is 7.91. The van der Waals surface area contributed by atoms with Gasteiger partial charge in [0.25, 0.3) is 0 Å². The molecule has 0 spiro atoms. The largest absolute Gasteiger partial charge is 0.493 e. The number of carbonyl (C=O) groups is 2. The first-order chi connectivity index (χ1) is 11.5. The van der Waals surface area contributed by atoms with Crippen molar-refractivity contribution in [3.05, 3.63) is 57.6 Å². The van der Waals surface area contributed by atoms with Crippen LogP contribution in [0.4, 0.5) is 0 Å². The van der Waals surface area contributed by atoms with Gasteiger partial charge >= 0.3 is 5.97 Å². The van der Waals surface area contributed by atoms with Crippen molar-refractivity contribution in [2.45, 2.75) is 6.42 Å². The van der Waals surface area contributed by atoms with E-state index in [4.69, 9.17) is 9.47 Å². The molecule has 0 unspecified atom stereocenters. The van der Waals surface area contributed by atoms with Crippen LogP contribution in [0.15, 0.2) is 40.9 Å². The Labute approximate surface area is 148 Å². The van der Waals surface area contributed by atoms with E-state index in [0.29, 0.717) is 27.1 Å². The predicted octanol–water partition coefficient (Wildman–Crippen LogP) is 3.68. The van der Waals surface area contributed by atoms with E-state index in [-0.39, 0.29) is 12.2 Å². The zero-order valence-corrected chi connectivity index (χ0v) is 15.2. The Balaban J connectivity index is 2.21. The molecule has 0 amide bonds. The Morgan fingerprint density at radius 2 is 1.62 bits per heavy atom. The summed E-state index contributed by atoms with van der Waals surface area (Å²) in [6.45, 7) is 0. The average Bonchev–Trinajstić information content (AvgIpc) is 2.60. The summed E-state index contributed by atoms with van der Waals surface area (Å²) in [5.74, 6) is 0.548.